The number of hydrogen-bond acceptors (Lipinski definition) is 1. The van der Waals surface area contributed by atoms with Crippen LogP contribution in [0.25, 0.3) is 0 Å². The van der Waals surface area contributed by atoms with Gasteiger partial charge in [-0.1, -0.05) is 6.92 Å². The van der Waals surface area contributed by atoms with E-state index in [0.717, 1.165) is 15.8 Å². The van der Waals surface area contributed by atoms with Gasteiger partial charge in [-0.3, -0.25) is 0 Å². The molecule has 0 aromatic carbocycles. The first-order valence-corrected chi connectivity index (χ1v) is 3.94. The molecule has 47 valence electrons. The van der Waals surface area contributed by atoms with Gasteiger partial charge in [-0.2, -0.15) is 0 Å². The minimum atomic E-state index is 0.969. The van der Waals surface area contributed by atoms with Crippen LogP contribution in [0.3, 0.4) is 0 Å². The maximum Gasteiger partial charge on any atom is 0.101 e. The Bertz CT molecular complexity index is 198. The second kappa shape index (κ2) is 3.15. The van der Waals surface area contributed by atoms with E-state index >= 15 is 0 Å². The molecule has 0 fully saturated rings. The van der Waals surface area contributed by atoms with E-state index in [0.29, 0.717) is 0 Å². The van der Waals surface area contributed by atoms with Gasteiger partial charge in [0, 0.05) is 11.8 Å². The summed E-state index contributed by atoms with van der Waals surface area (Å²) in [7, 11) is 0. The van der Waals surface area contributed by atoms with Gasteiger partial charge in [-0.15, -0.1) is 0 Å². The molecule has 1 aromatic rings. The van der Waals surface area contributed by atoms with Crippen LogP contribution in [0.15, 0.2) is 12.1 Å². The molecule has 0 amide bonds. The first-order valence-electron chi connectivity index (χ1n) is 2.86. The Kier molecular flexibility index (Phi) is 2.45. The van der Waals surface area contributed by atoms with Crippen LogP contribution in [0.1, 0.15) is 12.6 Å². The van der Waals surface area contributed by atoms with Crippen molar-refractivity contribution in [2.45, 2.75) is 13.3 Å². The molecular weight excluding hydrogens is 225 g/mol. The molecule has 0 spiro atoms. The zero-order valence-electron chi connectivity index (χ0n) is 5.19. The number of rotatable bonds is 1. The summed E-state index contributed by atoms with van der Waals surface area (Å²) >= 11 is 2.20. The van der Waals surface area contributed by atoms with Crippen molar-refractivity contribution in [2.75, 3.05) is 0 Å². The van der Waals surface area contributed by atoms with Crippen molar-refractivity contribution in [3.63, 3.8) is 0 Å². The average Bonchev–Trinajstić information content (AvgIpc) is 1.88. The Labute approximate surface area is 68.6 Å². The number of halogens is 1. The summed E-state index contributed by atoms with van der Waals surface area (Å²) in [6, 6.07) is 6.90. The largest absolute Gasteiger partial charge is 0.246 e. The lowest BCUT2D eigenvalue weighted by atomic mass is 10.3. The van der Waals surface area contributed by atoms with Crippen LogP contribution in [-0.4, -0.2) is 4.98 Å². The molecular formula is C7H7IN. The van der Waals surface area contributed by atoms with Gasteiger partial charge in [-0.05, 0) is 41.1 Å². The van der Waals surface area contributed by atoms with E-state index in [9.17, 15) is 0 Å². The van der Waals surface area contributed by atoms with E-state index in [4.69, 9.17) is 0 Å². The van der Waals surface area contributed by atoms with Gasteiger partial charge in [0.2, 0.25) is 0 Å². The molecule has 0 aliphatic rings. The number of nitrogens with zero attached hydrogens (tertiary/aromatic N) is 1. The molecule has 1 aromatic heterocycles. The minimum Gasteiger partial charge on any atom is -0.246 e. The lowest BCUT2D eigenvalue weighted by molar-refractivity contribution is 1.02. The van der Waals surface area contributed by atoms with Crippen molar-refractivity contribution >= 4 is 22.6 Å². The van der Waals surface area contributed by atoms with E-state index in [2.05, 4.69) is 40.6 Å². The molecule has 1 nitrogen and oxygen atoms in total. The molecule has 1 rings (SSSR count). The number of aryl methyl sites for hydroxylation is 1. The predicted octanol–water partition coefficient (Wildman–Crippen LogP) is 2.05. The molecule has 0 N–H and O–H groups in total. The van der Waals surface area contributed by atoms with Crippen LogP contribution >= 0.6 is 22.6 Å². The van der Waals surface area contributed by atoms with Crippen molar-refractivity contribution in [2.24, 2.45) is 0 Å². The highest BCUT2D eigenvalue weighted by Gasteiger charge is 1.89. The monoisotopic (exact) mass is 232 g/mol. The Morgan fingerprint density at radius 2 is 2.56 bits per heavy atom. The third-order valence-corrected chi connectivity index (χ3v) is 1.65. The van der Waals surface area contributed by atoms with Gasteiger partial charge >= 0.3 is 0 Å². The first-order chi connectivity index (χ1) is 4.33. The molecule has 0 saturated carbocycles. The van der Waals surface area contributed by atoms with Crippen molar-refractivity contribution < 1.29 is 0 Å². The van der Waals surface area contributed by atoms with Crippen molar-refractivity contribution in [1.82, 2.24) is 4.98 Å². The van der Waals surface area contributed by atoms with Gasteiger partial charge < -0.3 is 0 Å². The van der Waals surface area contributed by atoms with E-state index < -0.39 is 0 Å². The Morgan fingerprint density at radius 1 is 1.78 bits per heavy atom. The third-order valence-electron chi connectivity index (χ3n) is 1.05. The molecule has 0 bridgehead atoms. The molecule has 0 saturated heterocycles. The molecule has 1 heterocycles. The lowest BCUT2D eigenvalue weighted by Crippen LogP contribution is -1.87. The quantitative estimate of drug-likeness (QED) is 0.533. The fourth-order valence-electron chi connectivity index (χ4n) is 0.586. The molecule has 0 atom stereocenters. The first kappa shape index (κ1) is 6.99. The molecule has 9 heavy (non-hydrogen) atoms. The van der Waals surface area contributed by atoms with E-state index in [1.807, 2.05) is 12.1 Å². The zero-order chi connectivity index (χ0) is 6.69. The normalized spacial score (nSPS) is 9.56. The van der Waals surface area contributed by atoms with Crippen LogP contribution in [-0.2, 0) is 6.42 Å². The van der Waals surface area contributed by atoms with Gasteiger partial charge in [0.1, 0.15) is 3.70 Å². The van der Waals surface area contributed by atoms with E-state index in [-0.39, 0.29) is 0 Å². The topological polar surface area (TPSA) is 12.9 Å². The van der Waals surface area contributed by atoms with E-state index in [1.165, 1.54) is 0 Å². The van der Waals surface area contributed by atoms with Gasteiger partial charge in [-0.25, -0.2) is 4.98 Å². The Hall–Kier alpha value is -0.120. The minimum absolute atomic E-state index is 0.969. The van der Waals surface area contributed by atoms with Gasteiger partial charge in [0.15, 0.2) is 0 Å². The number of aromatic nitrogens is 1. The van der Waals surface area contributed by atoms with Crippen molar-refractivity contribution in [1.29, 1.82) is 0 Å². The molecule has 2 heteroatoms. The van der Waals surface area contributed by atoms with Gasteiger partial charge in [0.05, 0.1) is 0 Å². The Morgan fingerprint density at radius 3 is 3.00 bits per heavy atom. The third kappa shape index (κ3) is 1.93. The highest BCUT2D eigenvalue weighted by atomic mass is 127. The summed E-state index contributed by atoms with van der Waals surface area (Å²) in [5, 5.41) is 0. The summed E-state index contributed by atoms with van der Waals surface area (Å²) in [4.78, 5) is 4.22. The van der Waals surface area contributed by atoms with Crippen LogP contribution in [0, 0.1) is 9.77 Å². The van der Waals surface area contributed by atoms with Crippen LogP contribution in [0.5, 0.6) is 0 Å². The molecule has 0 aliphatic carbocycles. The predicted molar refractivity (Wildman–Crippen MR) is 45.2 cm³/mol. The van der Waals surface area contributed by atoms with Crippen LogP contribution in [0.4, 0.5) is 0 Å². The average molecular weight is 232 g/mol. The maximum absolute atomic E-state index is 4.22. The van der Waals surface area contributed by atoms with Crippen molar-refractivity contribution in [3.8, 4) is 0 Å². The zero-order valence-corrected chi connectivity index (χ0v) is 7.34. The highest BCUT2D eigenvalue weighted by Crippen LogP contribution is 2.01. The summed E-state index contributed by atoms with van der Waals surface area (Å²) in [6.07, 6.45) is 0.969. The summed E-state index contributed by atoms with van der Waals surface area (Å²) in [5.74, 6) is 0. The van der Waals surface area contributed by atoms with Crippen LogP contribution in [0.2, 0.25) is 0 Å². The number of pyridine rings is 1. The summed E-state index contributed by atoms with van der Waals surface area (Å²) in [6.45, 7) is 2.08. The smallest absolute Gasteiger partial charge is 0.101 e. The van der Waals surface area contributed by atoms with Gasteiger partial charge in [0.25, 0.3) is 0 Å². The van der Waals surface area contributed by atoms with Crippen LogP contribution < -0.4 is 0 Å². The standard InChI is InChI=1S/C7H7IN/c1-2-6-4-3-5-7(8)9-6/h3,5H,2H2,1H3. The molecule has 0 aliphatic heterocycles. The summed E-state index contributed by atoms with van der Waals surface area (Å²) < 4.78 is 1.04. The SMILES string of the molecule is CCc1[c]ccc(I)n1. The molecule has 1 radical (unpaired) electrons. The fourth-order valence-corrected chi connectivity index (χ4v) is 1.06. The molecule has 0 unspecified atom stereocenters. The highest BCUT2D eigenvalue weighted by molar-refractivity contribution is 14.1. The summed E-state index contributed by atoms with van der Waals surface area (Å²) in [5.41, 5.74) is 1.04. The van der Waals surface area contributed by atoms with E-state index in [1.54, 1.807) is 0 Å². The maximum atomic E-state index is 4.22. The second-order valence-corrected chi connectivity index (χ2v) is 2.82. The number of hydrogen-bond donors (Lipinski definition) is 0. The second-order valence-electron chi connectivity index (χ2n) is 1.71. The lowest BCUT2D eigenvalue weighted by Gasteiger charge is -1.92. The Balaban J connectivity index is 2.94. The fraction of sp³-hybridized carbons (Fsp3) is 0.286. The van der Waals surface area contributed by atoms with Crippen molar-refractivity contribution in [3.05, 3.63) is 27.6 Å².